The van der Waals surface area contributed by atoms with Crippen LogP contribution in [0, 0.1) is 12.8 Å². The lowest BCUT2D eigenvalue weighted by molar-refractivity contribution is 0.613. The second kappa shape index (κ2) is 5.54. The number of rotatable bonds is 2. The zero-order chi connectivity index (χ0) is 8.55. The molecule has 1 fully saturated rings. The summed E-state index contributed by atoms with van der Waals surface area (Å²) in [6.45, 7) is 2.00. The lowest BCUT2D eigenvalue weighted by Crippen LogP contribution is -2.14. The van der Waals surface area contributed by atoms with Gasteiger partial charge in [0.2, 0.25) is 0 Å². The predicted octanol–water partition coefficient (Wildman–Crippen LogP) is 2.64. The number of aryl methyl sites for hydroxylation is 1. The molecule has 2 N–H and O–H groups in total. The van der Waals surface area contributed by atoms with Crippen LogP contribution in [0.4, 0.5) is 0 Å². The van der Waals surface area contributed by atoms with E-state index in [1.807, 2.05) is 25.1 Å². The van der Waals surface area contributed by atoms with E-state index in [1.165, 1.54) is 12.8 Å². The number of halogens is 2. The summed E-state index contributed by atoms with van der Waals surface area (Å²) in [5.74, 6) is 0.694. The summed E-state index contributed by atoms with van der Waals surface area (Å²) in [6, 6.07) is 6.23. The van der Waals surface area contributed by atoms with Crippen molar-refractivity contribution < 1.29 is 0 Å². The molecule has 0 bridgehead atoms. The normalized spacial score (nSPS) is 16.4. The predicted molar refractivity (Wildman–Crippen MR) is 63.1 cm³/mol. The van der Waals surface area contributed by atoms with Crippen molar-refractivity contribution in [3.05, 3.63) is 29.6 Å². The molecule has 4 heteroatoms. The summed E-state index contributed by atoms with van der Waals surface area (Å²) in [7, 11) is 0. The van der Waals surface area contributed by atoms with E-state index in [1.54, 1.807) is 0 Å². The number of nitrogens with zero attached hydrogens (tertiary/aromatic N) is 1. The zero-order valence-electron chi connectivity index (χ0n) is 8.14. The van der Waals surface area contributed by atoms with Crippen molar-refractivity contribution >= 4 is 24.8 Å². The molecule has 1 aliphatic carbocycles. The molecule has 0 saturated heterocycles. The molecule has 0 radical (unpaired) electrons. The Morgan fingerprint density at radius 1 is 1.36 bits per heavy atom. The van der Waals surface area contributed by atoms with E-state index >= 15 is 0 Å². The van der Waals surface area contributed by atoms with Gasteiger partial charge in [0, 0.05) is 11.7 Å². The van der Waals surface area contributed by atoms with Gasteiger partial charge in [-0.05, 0) is 37.8 Å². The van der Waals surface area contributed by atoms with Crippen LogP contribution < -0.4 is 5.73 Å². The standard InChI is InChI=1S/C10H14N2.2ClH/c1-7-3-2-4-9(12-7)10(11)8-5-6-8;;/h2-4,8,10H,5-6,11H2,1H3;2*1H. The van der Waals surface area contributed by atoms with Crippen molar-refractivity contribution in [2.24, 2.45) is 11.7 Å². The van der Waals surface area contributed by atoms with E-state index in [4.69, 9.17) is 5.73 Å². The topological polar surface area (TPSA) is 38.9 Å². The summed E-state index contributed by atoms with van der Waals surface area (Å²) in [6.07, 6.45) is 2.55. The number of hydrogen-bond acceptors (Lipinski definition) is 2. The highest BCUT2D eigenvalue weighted by Gasteiger charge is 2.30. The van der Waals surface area contributed by atoms with Crippen LogP contribution in [0.25, 0.3) is 0 Å². The van der Waals surface area contributed by atoms with Crippen molar-refractivity contribution in [3.63, 3.8) is 0 Å². The van der Waals surface area contributed by atoms with Gasteiger partial charge in [-0.1, -0.05) is 6.07 Å². The van der Waals surface area contributed by atoms with Crippen LogP contribution in [0.15, 0.2) is 18.2 Å². The molecule has 0 aromatic carbocycles. The van der Waals surface area contributed by atoms with Gasteiger partial charge in [0.05, 0.1) is 5.69 Å². The van der Waals surface area contributed by atoms with Gasteiger partial charge in [-0.2, -0.15) is 0 Å². The summed E-state index contributed by atoms with van der Waals surface area (Å²) in [4.78, 5) is 4.41. The third kappa shape index (κ3) is 3.12. The molecular formula is C10H16Cl2N2. The molecule has 2 nitrogen and oxygen atoms in total. The average molecular weight is 235 g/mol. The maximum atomic E-state index is 6.01. The fourth-order valence-corrected chi connectivity index (χ4v) is 1.45. The first-order chi connectivity index (χ1) is 5.77. The Bertz CT molecular complexity index is 287. The van der Waals surface area contributed by atoms with Crippen molar-refractivity contribution in [2.45, 2.75) is 25.8 Å². The van der Waals surface area contributed by atoms with Gasteiger partial charge in [0.25, 0.3) is 0 Å². The molecule has 2 rings (SSSR count). The molecule has 0 amide bonds. The lowest BCUT2D eigenvalue weighted by Gasteiger charge is -2.09. The monoisotopic (exact) mass is 234 g/mol. The van der Waals surface area contributed by atoms with Gasteiger partial charge in [-0.15, -0.1) is 24.8 Å². The summed E-state index contributed by atoms with van der Waals surface area (Å²) < 4.78 is 0. The van der Waals surface area contributed by atoms with Crippen LogP contribution in [0.3, 0.4) is 0 Å². The number of aromatic nitrogens is 1. The first-order valence-corrected chi connectivity index (χ1v) is 4.46. The van der Waals surface area contributed by atoms with Crippen molar-refractivity contribution in [1.82, 2.24) is 4.98 Å². The summed E-state index contributed by atoms with van der Waals surface area (Å²) >= 11 is 0. The van der Waals surface area contributed by atoms with Crippen LogP contribution >= 0.6 is 24.8 Å². The molecule has 1 heterocycles. The molecule has 1 unspecified atom stereocenters. The first kappa shape index (κ1) is 13.7. The molecule has 1 aliphatic rings. The van der Waals surface area contributed by atoms with Crippen LogP contribution in [0.2, 0.25) is 0 Å². The Hall–Kier alpha value is -0.310. The maximum absolute atomic E-state index is 6.01. The number of pyridine rings is 1. The second-order valence-corrected chi connectivity index (χ2v) is 3.57. The Kier molecular flexibility index (Phi) is 5.42. The van der Waals surface area contributed by atoms with Gasteiger partial charge in [0.15, 0.2) is 0 Å². The smallest absolute Gasteiger partial charge is 0.0577 e. The fourth-order valence-electron chi connectivity index (χ4n) is 1.45. The van der Waals surface area contributed by atoms with Crippen molar-refractivity contribution in [1.29, 1.82) is 0 Å². The van der Waals surface area contributed by atoms with Crippen molar-refractivity contribution in [2.75, 3.05) is 0 Å². The van der Waals surface area contributed by atoms with Crippen LogP contribution in [0.5, 0.6) is 0 Å². The van der Waals surface area contributed by atoms with Crippen molar-refractivity contribution in [3.8, 4) is 0 Å². The maximum Gasteiger partial charge on any atom is 0.0577 e. The lowest BCUT2D eigenvalue weighted by atomic mass is 10.1. The Morgan fingerprint density at radius 2 is 2.00 bits per heavy atom. The van der Waals surface area contributed by atoms with Crippen LogP contribution in [0.1, 0.15) is 30.3 Å². The number of nitrogens with two attached hydrogens (primary N) is 1. The SMILES string of the molecule is Cc1cccc(C(N)C2CC2)n1.Cl.Cl. The minimum absolute atomic E-state index is 0. The molecule has 1 aromatic rings. The quantitative estimate of drug-likeness (QED) is 0.855. The van der Waals surface area contributed by atoms with Gasteiger partial charge in [-0.3, -0.25) is 4.98 Å². The van der Waals surface area contributed by atoms with Crippen LogP contribution in [-0.4, -0.2) is 4.98 Å². The third-order valence-electron chi connectivity index (χ3n) is 2.38. The van der Waals surface area contributed by atoms with E-state index in [0.717, 1.165) is 11.4 Å². The van der Waals surface area contributed by atoms with Gasteiger partial charge in [-0.25, -0.2) is 0 Å². The number of hydrogen-bond donors (Lipinski definition) is 1. The van der Waals surface area contributed by atoms with E-state index in [9.17, 15) is 0 Å². The first-order valence-electron chi connectivity index (χ1n) is 4.46. The van der Waals surface area contributed by atoms with Gasteiger partial charge >= 0.3 is 0 Å². The summed E-state index contributed by atoms with van der Waals surface area (Å²) in [5, 5.41) is 0. The minimum atomic E-state index is 0. The summed E-state index contributed by atoms with van der Waals surface area (Å²) in [5.41, 5.74) is 8.12. The third-order valence-corrected chi connectivity index (χ3v) is 2.38. The zero-order valence-corrected chi connectivity index (χ0v) is 9.78. The second-order valence-electron chi connectivity index (χ2n) is 3.57. The highest BCUT2D eigenvalue weighted by molar-refractivity contribution is 5.85. The molecule has 1 aromatic heterocycles. The van der Waals surface area contributed by atoms with E-state index in [2.05, 4.69) is 4.98 Å². The van der Waals surface area contributed by atoms with Gasteiger partial charge < -0.3 is 5.73 Å². The molecule has 0 spiro atoms. The molecule has 80 valence electrons. The minimum Gasteiger partial charge on any atom is -0.322 e. The Balaban J connectivity index is 0.000000845. The van der Waals surface area contributed by atoms with Gasteiger partial charge in [0.1, 0.15) is 0 Å². The van der Waals surface area contributed by atoms with E-state index in [-0.39, 0.29) is 30.9 Å². The largest absolute Gasteiger partial charge is 0.322 e. The van der Waals surface area contributed by atoms with E-state index < -0.39 is 0 Å². The highest BCUT2D eigenvalue weighted by Crippen LogP contribution is 2.38. The Morgan fingerprint density at radius 3 is 2.50 bits per heavy atom. The molecule has 14 heavy (non-hydrogen) atoms. The van der Waals surface area contributed by atoms with Crippen LogP contribution in [-0.2, 0) is 0 Å². The average Bonchev–Trinajstić information content (AvgIpc) is 2.85. The molecule has 1 saturated carbocycles. The highest BCUT2D eigenvalue weighted by atomic mass is 35.5. The molecule has 1 atom stereocenters. The fraction of sp³-hybridized carbons (Fsp3) is 0.500. The molecular weight excluding hydrogens is 219 g/mol. The molecule has 0 aliphatic heterocycles. The van der Waals surface area contributed by atoms with E-state index in [0.29, 0.717) is 5.92 Å². The Labute approximate surface area is 97.1 Å².